The minimum absolute atomic E-state index is 0.0664. The normalized spacial score (nSPS) is 13.9. The van der Waals surface area contributed by atoms with Gasteiger partial charge in [-0.25, -0.2) is 9.31 Å². The zero-order valence-corrected chi connectivity index (χ0v) is 14.5. The Kier molecular flexibility index (Phi) is 3.71. The van der Waals surface area contributed by atoms with E-state index in [4.69, 9.17) is 0 Å². The highest BCUT2D eigenvalue weighted by molar-refractivity contribution is 6.05. The number of fused-ring (bicyclic) bond motifs is 1. The van der Waals surface area contributed by atoms with Crippen LogP contribution in [0.15, 0.2) is 24.5 Å². The lowest BCUT2D eigenvalue weighted by Gasteiger charge is -2.11. The van der Waals surface area contributed by atoms with E-state index >= 15 is 0 Å². The predicted octanol–water partition coefficient (Wildman–Crippen LogP) is 1.18. The van der Waals surface area contributed by atoms with Crippen molar-refractivity contribution in [3.8, 4) is 0 Å². The number of aryl methyl sites for hydroxylation is 1. The van der Waals surface area contributed by atoms with Crippen LogP contribution in [0.1, 0.15) is 39.3 Å². The monoisotopic (exact) mass is 354 g/mol. The van der Waals surface area contributed by atoms with Crippen molar-refractivity contribution in [1.82, 2.24) is 24.4 Å². The van der Waals surface area contributed by atoms with Gasteiger partial charge in [0, 0.05) is 32.8 Å². The predicted molar refractivity (Wildman–Crippen MR) is 92.6 cm³/mol. The Morgan fingerprint density at radius 1 is 1.38 bits per heavy atom. The highest BCUT2D eigenvalue weighted by Gasteiger charge is 2.28. The SMILES string of the molecule is CN(c1nc2cc(CC(=O)c3c(C(=O)O)cnn3C)ccn2n1)C1CC1. The highest BCUT2D eigenvalue weighted by Crippen LogP contribution is 2.28. The standard InChI is InChI=1S/C17H18N6O3/c1-21(11-3-4-11)17-19-14-8-10(5-6-23(14)20-17)7-13(24)15-12(16(25)26)9-18-22(15)2/h5-6,8-9,11H,3-4,7H2,1-2H3,(H,25,26). The Morgan fingerprint density at radius 3 is 2.85 bits per heavy atom. The van der Waals surface area contributed by atoms with Crippen LogP contribution in [0.3, 0.4) is 0 Å². The van der Waals surface area contributed by atoms with Crippen LogP contribution in [0.4, 0.5) is 5.95 Å². The van der Waals surface area contributed by atoms with Crippen LogP contribution in [-0.4, -0.2) is 54.3 Å². The number of rotatable bonds is 6. The van der Waals surface area contributed by atoms with Gasteiger partial charge in [0.05, 0.1) is 6.20 Å². The van der Waals surface area contributed by atoms with Crippen molar-refractivity contribution in [2.24, 2.45) is 7.05 Å². The van der Waals surface area contributed by atoms with Crippen molar-refractivity contribution in [1.29, 1.82) is 0 Å². The minimum Gasteiger partial charge on any atom is -0.478 e. The summed E-state index contributed by atoms with van der Waals surface area (Å²) in [6, 6.07) is 4.09. The van der Waals surface area contributed by atoms with Gasteiger partial charge in [0.1, 0.15) is 11.3 Å². The van der Waals surface area contributed by atoms with E-state index in [0.717, 1.165) is 18.4 Å². The molecule has 26 heavy (non-hydrogen) atoms. The van der Waals surface area contributed by atoms with Gasteiger partial charge in [0.15, 0.2) is 11.4 Å². The number of carbonyl (C=O) groups is 2. The van der Waals surface area contributed by atoms with Gasteiger partial charge in [-0.15, -0.1) is 5.10 Å². The molecule has 0 unspecified atom stereocenters. The second-order valence-corrected chi connectivity index (χ2v) is 6.53. The van der Waals surface area contributed by atoms with E-state index in [-0.39, 0.29) is 23.5 Å². The number of anilines is 1. The van der Waals surface area contributed by atoms with Crippen LogP contribution < -0.4 is 4.90 Å². The van der Waals surface area contributed by atoms with Crippen molar-refractivity contribution in [2.45, 2.75) is 25.3 Å². The molecule has 0 aromatic carbocycles. The molecule has 0 amide bonds. The largest absolute Gasteiger partial charge is 0.478 e. The first kappa shape index (κ1) is 16.2. The van der Waals surface area contributed by atoms with Gasteiger partial charge >= 0.3 is 5.97 Å². The summed E-state index contributed by atoms with van der Waals surface area (Å²) < 4.78 is 2.97. The summed E-state index contributed by atoms with van der Waals surface area (Å²) in [5, 5.41) is 17.5. The summed E-state index contributed by atoms with van der Waals surface area (Å²) in [6.07, 6.45) is 5.33. The molecule has 0 bridgehead atoms. The lowest BCUT2D eigenvalue weighted by atomic mass is 10.1. The summed E-state index contributed by atoms with van der Waals surface area (Å²) in [7, 11) is 3.54. The maximum absolute atomic E-state index is 12.6. The molecule has 3 aromatic rings. The van der Waals surface area contributed by atoms with Gasteiger partial charge in [-0.2, -0.15) is 10.1 Å². The van der Waals surface area contributed by atoms with Gasteiger partial charge in [0.25, 0.3) is 0 Å². The van der Waals surface area contributed by atoms with Gasteiger partial charge < -0.3 is 10.0 Å². The molecule has 1 aliphatic carbocycles. The Morgan fingerprint density at radius 2 is 2.15 bits per heavy atom. The third-order valence-electron chi connectivity index (χ3n) is 4.60. The molecule has 0 aliphatic heterocycles. The molecule has 1 N–H and O–H groups in total. The fraction of sp³-hybridized carbons (Fsp3) is 0.353. The Balaban J connectivity index is 1.60. The number of ketones is 1. The maximum atomic E-state index is 12.6. The van der Waals surface area contributed by atoms with E-state index in [1.54, 1.807) is 29.9 Å². The van der Waals surface area contributed by atoms with Gasteiger partial charge in [-0.05, 0) is 30.5 Å². The first-order valence-electron chi connectivity index (χ1n) is 8.30. The smallest absolute Gasteiger partial charge is 0.339 e. The molecule has 9 heteroatoms. The molecule has 0 saturated heterocycles. The van der Waals surface area contributed by atoms with E-state index < -0.39 is 5.97 Å². The second-order valence-electron chi connectivity index (χ2n) is 6.53. The lowest BCUT2D eigenvalue weighted by molar-refractivity contribution is 0.0691. The zero-order chi connectivity index (χ0) is 18.4. The second kappa shape index (κ2) is 5.94. The minimum atomic E-state index is -1.16. The summed E-state index contributed by atoms with van der Waals surface area (Å²) in [5.41, 5.74) is 1.40. The number of carbonyl (C=O) groups excluding carboxylic acids is 1. The van der Waals surface area contributed by atoms with E-state index in [1.165, 1.54) is 10.9 Å². The van der Waals surface area contributed by atoms with Crippen molar-refractivity contribution >= 4 is 23.3 Å². The molecular weight excluding hydrogens is 336 g/mol. The summed E-state index contributed by atoms with van der Waals surface area (Å²) >= 11 is 0. The molecule has 1 saturated carbocycles. The van der Waals surface area contributed by atoms with Crippen LogP contribution >= 0.6 is 0 Å². The van der Waals surface area contributed by atoms with Crippen molar-refractivity contribution in [3.63, 3.8) is 0 Å². The number of Topliss-reactive ketones (excluding diaryl/α,β-unsaturated/α-hetero) is 1. The van der Waals surface area contributed by atoms with E-state index in [0.29, 0.717) is 17.6 Å². The number of hydrogen-bond acceptors (Lipinski definition) is 6. The molecular formula is C17H18N6O3. The summed E-state index contributed by atoms with van der Waals surface area (Å²) in [4.78, 5) is 30.4. The molecule has 3 heterocycles. The molecule has 0 radical (unpaired) electrons. The Bertz CT molecular complexity index is 1020. The maximum Gasteiger partial charge on any atom is 0.339 e. The van der Waals surface area contributed by atoms with E-state index in [1.807, 2.05) is 7.05 Å². The fourth-order valence-electron chi connectivity index (χ4n) is 2.99. The summed E-state index contributed by atoms with van der Waals surface area (Å²) in [6.45, 7) is 0. The Hall–Kier alpha value is -3.23. The average molecular weight is 354 g/mol. The number of aromatic nitrogens is 5. The molecule has 3 aromatic heterocycles. The topological polar surface area (TPSA) is 106 Å². The third-order valence-corrected chi connectivity index (χ3v) is 4.60. The third kappa shape index (κ3) is 2.81. The molecule has 134 valence electrons. The van der Waals surface area contributed by atoms with Gasteiger partial charge in [-0.3, -0.25) is 9.48 Å². The molecule has 1 fully saturated rings. The first-order valence-corrected chi connectivity index (χ1v) is 8.30. The first-order chi connectivity index (χ1) is 12.4. The molecule has 0 atom stereocenters. The van der Waals surface area contributed by atoms with Crippen molar-refractivity contribution in [2.75, 3.05) is 11.9 Å². The number of pyridine rings is 1. The van der Waals surface area contributed by atoms with Crippen molar-refractivity contribution in [3.05, 3.63) is 41.3 Å². The van der Waals surface area contributed by atoms with Crippen LogP contribution in [0.5, 0.6) is 0 Å². The number of carboxylic acid groups (broad SMARTS) is 1. The summed E-state index contributed by atoms with van der Waals surface area (Å²) in [5.74, 6) is -0.806. The molecule has 4 rings (SSSR count). The average Bonchev–Trinajstić information content (AvgIpc) is 3.24. The highest BCUT2D eigenvalue weighted by atomic mass is 16.4. The number of carboxylic acids is 1. The molecule has 9 nitrogen and oxygen atoms in total. The van der Waals surface area contributed by atoms with Gasteiger partial charge in [-0.1, -0.05) is 0 Å². The van der Waals surface area contributed by atoms with E-state index in [2.05, 4.69) is 20.1 Å². The Labute approximate surface area is 148 Å². The zero-order valence-electron chi connectivity index (χ0n) is 14.5. The van der Waals surface area contributed by atoms with E-state index in [9.17, 15) is 14.7 Å². The van der Waals surface area contributed by atoms with Crippen molar-refractivity contribution < 1.29 is 14.7 Å². The van der Waals surface area contributed by atoms with Gasteiger partial charge in [0.2, 0.25) is 5.95 Å². The molecule has 1 aliphatic rings. The lowest BCUT2D eigenvalue weighted by Crippen LogP contribution is -2.20. The number of hydrogen-bond donors (Lipinski definition) is 1. The van der Waals surface area contributed by atoms with Crippen LogP contribution in [0, 0.1) is 0 Å². The van der Waals surface area contributed by atoms with Crippen LogP contribution in [-0.2, 0) is 13.5 Å². The quantitative estimate of drug-likeness (QED) is 0.663. The van der Waals surface area contributed by atoms with Crippen LogP contribution in [0.25, 0.3) is 5.65 Å². The number of aromatic carboxylic acids is 1. The molecule has 0 spiro atoms. The fourth-order valence-corrected chi connectivity index (χ4v) is 2.99. The number of nitrogens with zero attached hydrogens (tertiary/aromatic N) is 6. The van der Waals surface area contributed by atoms with Crippen LogP contribution in [0.2, 0.25) is 0 Å².